The Hall–Kier alpha value is -1.84. The lowest BCUT2D eigenvalue weighted by molar-refractivity contribution is -0.154. The zero-order chi connectivity index (χ0) is 19.4. The lowest BCUT2D eigenvalue weighted by Gasteiger charge is -2.61. The van der Waals surface area contributed by atoms with Gasteiger partial charge in [-0.2, -0.15) is 0 Å². The fourth-order valence-electron chi connectivity index (χ4n) is 6.58. The van der Waals surface area contributed by atoms with Crippen molar-refractivity contribution in [2.24, 2.45) is 23.2 Å². The molecule has 1 aromatic carbocycles. The molecule has 0 radical (unpaired) electrons. The second-order valence-corrected chi connectivity index (χ2v) is 9.92. The molecule has 4 nitrogen and oxygen atoms in total. The molecule has 4 heteroatoms. The first kappa shape index (κ1) is 18.5. The predicted octanol–water partition coefficient (Wildman–Crippen LogP) is 4.06. The first-order valence-electron chi connectivity index (χ1n) is 10.3. The summed E-state index contributed by atoms with van der Waals surface area (Å²) >= 11 is 0. The molecule has 1 aromatic rings. The van der Waals surface area contributed by atoms with Crippen LogP contribution in [-0.2, 0) is 15.0 Å². The molecule has 0 aliphatic heterocycles. The van der Waals surface area contributed by atoms with Crippen LogP contribution in [0.4, 0.5) is 0 Å². The lowest BCUT2D eigenvalue weighted by atomic mass is 9.42. The average Bonchev–Trinajstić information content (AvgIpc) is 2.58. The minimum absolute atomic E-state index is 0.0193. The molecule has 0 spiro atoms. The molecule has 4 aliphatic carbocycles. The molecule has 0 aromatic heterocycles. The maximum absolute atomic E-state index is 13.4. The van der Waals surface area contributed by atoms with E-state index in [-0.39, 0.29) is 17.2 Å². The number of carboxylic acids is 1. The van der Waals surface area contributed by atoms with Crippen molar-refractivity contribution in [1.29, 1.82) is 0 Å². The number of hydrogen-bond donors (Lipinski definition) is 2. The number of aliphatic carboxylic acids is 1. The van der Waals surface area contributed by atoms with Gasteiger partial charge in [0.15, 0.2) is 0 Å². The smallest absolute Gasteiger partial charge is 0.326 e. The molecular weight excluding hydrogens is 338 g/mol. The highest BCUT2D eigenvalue weighted by atomic mass is 16.4. The van der Waals surface area contributed by atoms with Crippen LogP contribution in [-0.4, -0.2) is 23.0 Å². The normalized spacial score (nSPS) is 35.3. The first-order chi connectivity index (χ1) is 12.7. The molecule has 2 N–H and O–H groups in total. The molecule has 2 unspecified atom stereocenters. The second kappa shape index (κ2) is 6.35. The molecule has 146 valence electrons. The van der Waals surface area contributed by atoms with Gasteiger partial charge in [0.05, 0.1) is 5.41 Å². The number of hydrogen-bond acceptors (Lipinski definition) is 2. The van der Waals surface area contributed by atoms with Gasteiger partial charge in [-0.25, -0.2) is 4.79 Å². The number of amides is 1. The van der Waals surface area contributed by atoms with Gasteiger partial charge in [-0.1, -0.05) is 43.7 Å². The molecule has 4 bridgehead atoms. The number of carbonyl (C=O) groups is 2. The van der Waals surface area contributed by atoms with Gasteiger partial charge in [-0.05, 0) is 74.2 Å². The Labute approximate surface area is 161 Å². The molecule has 0 saturated heterocycles. The van der Waals surface area contributed by atoms with Gasteiger partial charge < -0.3 is 10.4 Å². The van der Waals surface area contributed by atoms with Crippen LogP contribution in [0.25, 0.3) is 0 Å². The Morgan fingerprint density at radius 3 is 2.19 bits per heavy atom. The van der Waals surface area contributed by atoms with Crippen molar-refractivity contribution in [3.63, 3.8) is 0 Å². The highest BCUT2D eigenvalue weighted by Gasteiger charge is 2.61. The number of carboxylic acid groups (broad SMARTS) is 1. The molecule has 4 saturated carbocycles. The molecular formula is C23H31NO3. The number of benzene rings is 1. The summed E-state index contributed by atoms with van der Waals surface area (Å²) < 4.78 is 0. The van der Waals surface area contributed by atoms with E-state index in [4.69, 9.17) is 0 Å². The topological polar surface area (TPSA) is 66.4 Å². The second-order valence-electron chi connectivity index (χ2n) is 9.92. The summed E-state index contributed by atoms with van der Waals surface area (Å²) in [4.78, 5) is 25.0. The van der Waals surface area contributed by atoms with Crippen LogP contribution in [0.2, 0.25) is 0 Å². The molecule has 27 heavy (non-hydrogen) atoms. The summed E-state index contributed by atoms with van der Waals surface area (Å²) in [6, 6.07) is 8.06. The van der Waals surface area contributed by atoms with Gasteiger partial charge in [0.2, 0.25) is 5.91 Å². The van der Waals surface area contributed by atoms with Crippen molar-refractivity contribution in [3.8, 4) is 0 Å². The summed E-state index contributed by atoms with van der Waals surface area (Å²) in [7, 11) is 0. The van der Waals surface area contributed by atoms with Crippen LogP contribution in [0, 0.1) is 30.1 Å². The van der Waals surface area contributed by atoms with Crippen molar-refractivity contribution in [2.75, 3.05) is 0 Å². The van der Waals surface area contributed by atoms with E-state index in [1.807, 2.05) is 13.8 Å². The number of nitrogens with one attached hydrogen (secondary N) is 1. The van der Waals surface area contributed by atoms with E-state index in [2.05, 4.69) is 36.5 Å². The Morgan fingerprint density at radius 1 is 1.07 bits per heavy atom. The highest BCUT2D eigenvalue weighted by molar-refractivity contribution is 5.88. The minimum atomic E-state index is -0.934. The Kier molecular flexibility index (Phi) is 4.36. The van der Waals surface area contributed by atoms with E-state index >= 15 is 0 Å². The van der Waals surface area contributed by atoms with Gasteiger partial charge in [0, 0.05) is 0 Å². The number of aryl methyl sites for hydroxylation is 1. The Morgan fingerprint density at radius 2 is 1.67 bits per heavy atom. The summed E-state index contributed by atoms with van der Waals surface area (Å²) in [5.74, 6) is 0.0956. The molecule has 4 fully saturated rings. The van der Waals surface area contributed by atoms with Crippen molar-refractivity contribution in [1.82, 2.24) is 5.32 Å². The zero-order valence-electron chi connectivity index (χ0n) is 16.6. The summed E-state index contributed by atoms with van der Waals surface area (Å²) in [5, 5.41) is 12.4. The van der Waals surface area contributed by atoms with Gasteiger partial charge in [0.1, 0.15) is 6.04 Å². The van der Waals surface area contributed by atoms with Crippen LogP contribution >= 0.6 is 0 Å². The number of carbonyl (C=O) groups excluding carboxylic acids is 1. The standard InChI is InChI=1S/C23H31NO3/c1-14(2)19(20(25)26)24-21(27)23-11-16-8-17(12-23)10-22(9-16,13-23)18-6-4-15(3)5-7-18/h4-7,14,16-17,19H,8-13H2,1-3H3,(H,24,27)(H,25,26)/t16-,17+,19-,22?,23?/m1/s1. The van der Waals surface area contributed by atoms with Crippen LogP contribution in [0.3, 0.4) is 0 Å². The maximum Gasteiger partial charge on any atom is 0.326 e. The zero-order valence-corrected chi connectivity index (χ0v) is 16.6. The third kappa shape index (κ3) is 3.07. The minimum Gasteiger partial charge on any atom is -0.480 e. The molecule has 4 aliphatic rings. The summed E-state index contributed by atoms with van der Waals surface area (Å²) in [6.07, 6.45) is 6.30. The quantitative estimate of drug-likeness (QED) is 0.822. The summed E-state index contributed by atoms with van der Waals surface area (Å²) in [5.41, 5.74) is 2.33. The van der Waals surface area contributed by atoms with Gasteiger partial charge in [-0.3, -0.25) is 4.79 Å². The lowest BCUT2D eigenvalue weighted by Crippen LogP contribution is -2.61. The van der Waals surface area contributed by atoms with Crippen molar-refractivity contribution in [3.05, 3.63) is 35.4 Å². The van der Waals surface area contributed by atoms with Gasteiger partial charge in [-0.15, -0.1) is 0 Å². The average molecular weight is 370 g/mol. The fraction of sp³-hybridized carbons (Fsp3) is 0.652. The SMILES string of the molecule is Cc1ccc(C23C[C@@H]4C[C@@H](CC(C(=O)N[C@@H](C(=O)O)C(C)C)(C4)C2)C3)cc1. The third-order valence-corrected chi connectivity index (χ3v) is 7.43. The van der Waals surface area contributed by atoms with E-state index in [1.54, 1.807) is 0 Å². The van der Waals surface area contributed by atoms with E-state index < -0.39 is 17.4 Å². The van der Waals surface area contributed by atoms with E-state index in [1.165, 1.54) is 30.4 Å². The molecule has 0 heterocycles. The van der Waals surface area contributed by atoms with Crippen molar-refractivity contribution < 1.29 is 14.7 Å². The number of rotatable bonds is 5. The first-order valence-corrected chi connectivity index (χ1v) is 10.3. The molecule has 1 amide bonds. The fourth-order valence-corrected chi connectivity index (χ4v) is 6.58. The Bertz CT molecular complexity index is 737. The molecule has 5 atom stereocenters. The van der Waals surface area contributed by atoms with E-state index in [9.17, 15) is 14.7 Å². The van der Waals surface area contributed by atoms with Gasteiger partial charge in [0.25, 0.3) is 0 Å². The monoisotopic (exact) mass is 369 g/mol. The van der Waals surface area contributed by atoms with Crippen LogP contribution in [0.1, 0.15) is 63.5 Å². The maximum atomic E-state index is 13.4. The Balaban J connectivity index is 1.64. The van der Waals surface area contributed by atoms with Crippen LogP contribution in [0.15, 0.2) is 24.3 Å². The van der Waals surface area contributed by atoms with Crippen LogP contribution in [0.5, 0.6) is 0 Å². The van der Waals surface area contributed by atoms with E-state index in [0.29, 0.717) is 11.8 Å². The van der Waals surface area contributed by atoms with Gasteiger partial charge >= 0.3 is 5.97 Å². The van der Waals surface area contributed by atoms with Crippen molar-refractivity contribution in [2.45, 2.75) is 70.8 Å². The third-order valence-electron chi connectivity index (χ3n) is 7.43. The molecule has 5 rings (SSSR count). The van der Waals surface area contributed by atoms with Crippen LogP contribution < -0.4 is 5.32 Å². The van der Waals surface area contributed by atoms with E-state index in [0.717, 1.165) is 19.3 Å². The highest BCUT2D eigenvalue weighted by Crippen LogP contribution is 2.65. The largest absolute Gasteiger partial charge is 0.480 e. The predicted molar refractivity (Wildman–Crippen MR) is 104 cm³/mol. The van der Waals surface area contributed by atoms with Crippen molar-refractivity contribution >= 4 is 11.9 Å². The summed E-state index contributed by atoms with van der Waals surface area (Å²) in [6.45, 7) is 5.81.